The van der Waals surface area contributed by atoms with E-state index in [0.29, 0.717) is 6.04 Å². The zero-order valence-electron chi connectivity index (χ0n) is 13.2. The van der Waals surface area contributed by atoms with Crippen LogP contribution in [-0.2, 0) is 4.74 Å². The zero-order valence-corrected chi connectivity index (χ0v) is 13.2. The van der Waals surface area contributed by atoms with Crippen LogP contribution in [0.4, 0.5) is 0 Å². The van der Waals surface area contributed by atoms with Crippen LogP contribution in [0.5, 0.6) is 0 Å². The molecule has 2 saturated heterocycles. The average Bonchev–Trinajstić information content (AvgIpc) is 3.19. The minimum Gasteiger partial charge on any atom is -0.370 e. The fourth-order valence-corrected chi connectivity index (χ4v) is 3.79. The Labute approximate surface area is 131 Å². The number of imidazole rings is 1. The molecular weight excluding hydrogens is 276 g/mol. The van der Waals surface area contributed by atoms with Crippen molar-refractivity contribution in [2.45, 2.75) is 44.8 Å². The number of likely N-dealkylation sites (tertiary alicyclic amines) is 1. The van der Waals surface area contributed by atoms with Crippen molar-refractivity contribution in [1.29, 1.82) is 0 Å². The van der Waals surface area contributed by atoms with Crippen LogP contribution in [0.1, 0.15) is 50.6 Å². The van der Waals surface area contributed by atoms with E-state index in [1.54, 1.807) is 0 Å². The van der Waals surface area contributed by atoms with Crippen molar-refractivity contribution in [1.82, 2.24) is 19.4 Å². The third-order valence-corrected chi connectivity index (χ3v) is 5.00. The van der Waals surface area contributed by atoms with E-state index in [9.17, 15) is 0 Å². The number of hydrogen-bond acceptors (Lipinski definition) is 4. The lowest BCUT2D eigenvalue weighted by atomic mass is 10.1. The summed E-state index contributed by atoms with van der Waals surface area (Å²) in [6, 6.07) is 4.51. The summed E-state index contributed by atoms with van der Waals surface area (Å²) >= 11 is 0. The minimum absolute atomic E-state index is 0.138. The highest BCUT2D eigenvalue weighted by Gasteiger charge is 2.30. The summed E-state index contributed by atoms with van der Waals surface area (Å²) in [6.45, 7) is 6.47. The molecule has 2 aliphatic rings. The lowest BCUT2D eigenvalue weighted by Gasteiger charge is -2.25. The summed E-state index contributed by atoms with van der Waals surface area (Å²) in [5, 5.41) is 0. The average molecular weight is 300 g/mol. The van der Waals surface area contributed by atoms with E-state index in [1.165, 1.54) is 25.8 Å². The molecular formula is C17H24N4O. The van der Waals surface area contributed by atoms with Gasteiger partial charge in [-0.05, 0) is 44.4 Å². The second kappa shape index (κ2) is 5.97. The Kier molecular flexibility index (Phi) is 3.84. The molecule has 2 fully saturated rings. The van der Waals surface area contributed by atoms with Crippen LogP contribution in [0, 0.1) is 0 Å². The third-order valence-electron chi connectivity index (χ3n) is 5.00. The van der Waals surface area contributed by atoms with Crippen molar-refractivity contribution in [3.05, 3.63) is 24.2 Å². The lowest BCUT2D eigenvalue weighted by Crippen LogP contribution is -2.23. The molecule has 0 N–H and O–H groups in total. The van der Waals surface area contributed by atoms with Crippen molar-refractivity contribution in [3.8, 4) is 0 Å². The molecule has 4 rings (SSSR count). The van der Waals surface area contributed by atoms with Gasteiger partial charge in [0, 0.05) is 25.9 Å². The van der Waals surface area contributed by atoms with Crippen LogP contribution in [-0.4, -0.2) is 45.7 Å². The van der Waals surface area contributed by atoms with Crippen molar-refractivity contribution in [2.24, 2.45) is 0 Å². The number of ether oxygens (including phenoxy) is 1. The highest BCUT2D eigenvalue weighted by atomic mass is 16.5. The Morgan fingerprint density at radius 1 is 1.32 bits per heavy atom. The quantitative estimate of drug-likeness (QED) is 0.874. The topological polar surface area (TPSA) is 43.2 Å². The maximum Gasteiger partial charge on any atom is 0.160 e. The van der Waals surface area contributed by atoms with Gasteiger partial charge < -0.3 is 14.2 Å². The molecule has 0 aromatic carbocycles. The van der Waals surface area contributed by atoms with Gasteiger partial charge in [0.2, 0.25) is 0 Å². The van der Waals surface area contributed by atoms with Crippen LogP contribution < -0.4 is 0 Å². The summed E-state index contributed by atoms with van der Waals surface area (Å²) in [5.41, 5.74) is 2.02. The second-order valence-corrected chi connectivity index (χ2v) is 6.38. The Morgan fingerprint density at radius 2 is 2.27 bits per heavy atom. The standard InChI is InChI=1S/C17H24N4O/c1-2-20-10-8-13(12-20)21-16-14(6-5-9-18-16)19-17(21)15-7-3-4-11-22-15/h5-6,9,13,15H,2-4,7-8,10-12H2,1H3. The van der Waals surface area contributed by atoms with Crippen LogP contribution in [0.2, 0.25) is 0 Å². The molecule has 2 unspecified atom stereocenters. The Balaban J connectivity index is 1.76. The number of pyridine rings is 1. The number of hydrogen-bond donors (Lipinski definition) is 0. The largest absolute Gasteiger partial charge is 0.370 e. The maximum atomic E-state index is 6.02. The molecule has 2 aromatic heterocycles. The van der Waals surface area contributed by atoms with E-state index < -0.39 is 0 Å². The Morgan fingerprint density at radius 3 is 3.05 bits per heavy atom. The van der Waals surface area contributed by atoms with E-state index >= 15 is 0 Å². The molecule has 5 heteroatoms. The van der Waals surface area contributed by atoms with Crippen LogP contribution >= 0.6 is 0 Å². The maximum absolute atomic E-state index is 6.02. The van der Waals surface area contributed by atoms with Crippen LogP contribution in [0.3, 0.4) is 0 Å². The van der Waals surface area contributed by atoms with Crippen molar-refractivity contribution in [2.75, 3.05) is 26.2 Å². The van der Waals surface area contributed by atoms with Gasteiger partial charge in [0.1, 0.15) is 17.4 Å². The van der Waals surface area contributed by atoms with E-state index in [2.05, 4.69) is 27.4 Å². The summed E-state index contributed by atoms with van der Waals surface area (Å²) in [5.74, 6) is 1.09. The molecule has 0 radical (unpaired) electrons. The predicted molar refractivity (Wildman–Crippen MR) is 85.8 cm³/mol. The molecule has 0 amide bonds. The van der Waals surface area contributed by atoms with Gasteiger partial charge in [0.15, 0.2) is 5.65 Å². The van der Waals surface area contributed by atoms with Crippen LogP contribution in [0.25, 0.3) is 11.2 Å². The molecule has 0 bridgehead atoms. The van der Waals surface area contributed by atoms with Gasteiger partial charge in [-0.15, -0.1) is 0 Å². The summed E-state index contributed by atoms with van der Waals surface area (Å²) in [6.07, 6.45) is 6.66. The number of aromatic nitrogens is 3. The minimum atomic E-state index is 0.138. The number of rotatable bonds is 3. The molecule has 0 saturated carbocycles. The van der Waals surface area contributed by atoms with Crippen molar-refractivity contribution < 1.29 is 4.74 Å². The van der Waals surface area contributed by atoms with Gasteiger partial charge in [0.05, 0.1) is 6.04 Å². The van der Waals surface area contributed by atoms with Gasteiger partial charge in [-0.3, -0.25) is 0 Å². The summed E-state index contributed by atoms with van der Waals surface area (Å²) in [7, 11) is 0. The molecule has 5 nitrogen and oxygen atoms in total. The zero-order chi connectivity index (χ0) is 14.9. The SMILES string of the molecule is CCN1CCC(n2c(C3CCCCO3)nc3cccnc32)C1. The van der Waals surface area contributed by atoms with E-state index in [1.807, 2.05) is 12.3 Å². The second-order valence-electron chi connectivity index (χ2n) is 6.38. The Bertz CT molecular complexity index is 647. The Hall–Kier alpha value is -1.46. The normalized spacial score (nSPS) is 26.8. The molecule has 4 heterocycles. The number of likely N-dealkylation sites (N-methyl/N-ethyl adjacent to an activating group) is 1. The first-order valence-electron chi connectivity index (χ1n) is 8.53. The van der Waals surface area contributed by atoms with Gasteiger partial charge in [-0.2, -0.15) is 0 Å². The molecule has 0 aliphatic carbocycles. The first-order valence-corrected chi connectivity index (χ1v) is 8.53. The molecule has 2 aromatic rings. The van der Waals surface area contributed by atoms with Gasteiger partial charge in [-0.25, -0.2) is 9.97 Å². The third kappa shape index (κ3) is 2.42. The number of fused-ring (bicyclic) bond motifs is 1. The summed E-state index contributed by atoms with van der Waals surface area (Å²) in [4.78, 5) is 12.0. The smallest absolute Gasteiger partial charge is 0.160 e. The van der Waals surface area contributed by atoms with Crippen LogP contribution in [0.15, 0.2) is 18.3 Å². The molecule has 22 heavy (non-hydrogen) atoms. The van der Waals surface area contributed by atoms with Crippen molar-refractivity contribution >= 4 is 11.2 Å². The monoisotopic (exact) mass is 300 g/mol. The van der Waals surface area contributed by atoms with Gasteiger partial charge in [-0.1, -0.05) is 6.92 Å². The van der Waals surface area contributed by atoms with Gasteiger partial charge >= 0.3 is 0 Å². The van der Waals surface area contributed by atoms with Crippen molar-refractivity contribution in [3.63, 3.8) is 0 Å². The highest BCUT2D eigenvalue weighted by Crippen LogP contribution is 2.34. The summed E-state index contributed by atoms with van der Waals surface area (Å²) < 4.78 is 8.40. The first kappa shape index (κ1) is 14.2. The lowest BCUT2D eigenvalue weighted by molar-refractivity contribution is 0.00686. The first-order chi connectivity index (χ1) is 10.9. The van der Waals surface area contributed by atoms with E-state index in [-0.39, 0.29) is 6.10 Å². The molecule has 2 atom stereocenters. The fraction of sp³-hybridized carbons (Fsp3) is 0.647. The predicted octanol–water partition coefficient (Wildman–Crippen LogP) is 2.94. The number of nitrogens with zero attached hydrogens (tertiary/aromatic N) is 4. The van der Waals surface area contributed by atoms with E-state index in [4.69, 9.17) is 9.72 Å². The fourth-order valence-electron chi connectivity index (χ4n) is 3.79. The highest BCUT2D eigenvalue weighted by molar-refractivity contribution is 5.71. The molecule has 118 valence electrons. The molecule has 2 aliphatic heterocycles. The molecule has 0 spiro atoms. The van der Waals surface area contributed by atoms with Gasteiger partial charge in [0.25, 0.3) is 0 Å². The van der Waals surface area contributed by atoms with E-state index in [0.717, 1.165) is 43.1 Å².